The van der Waals surface area contributed by atoms with Gasteiger partial charge in [-0.3, -0.25) is 4.90 Å². The third kappa shape index (κ3) is 4.61. The fourth-order valence-electron chi connectivity index (χ4n) is 5.92. The molecule has 0 unspecified atom stereocenters. The van der Waals surface area contributed by atoms with Crippen LogP contribution in [0.4, 0.5) is 15.0 Å². The number of likely N-dealkylation sites (tertiary alicyclic amines) is 1. The Hall–Kier alpha value is -3.07. The highest BCUT2D eigenvalue weighted by Crippen LogP contribution is 2.47. The Morgan fingerprint density at radius 1 is 1.23 bits per heavy atom. The van der Waals surface area contributed by atoms with Crippen molar-refractivity contribution >= 4 is 11.9 Å². The molecule has 2 aromatic rings. The number of ether oxygens (including phenoxy) is 2. The summed E-state index contributed by atoms with van der Waals surface area (Å²) in [6.45, 7) is 7.31. The molecule has 1 N–H and O–H groups in total. The van der Waals surface area contributed by atoms with Crippen molar-refractivity contribution < 1.29 is 23.8 Å². The monoisotopic (exact) mass is 484 g/mol. The lowest BCUT2D eigenvalue weighted by molar-refractivity contribution is -0.00294. The number of hydrogen-bond acceptors (Lipinski definition) is 7. The van der Waals surface area contributed by atoms with Gasteiger partial charge in [0.25, 0.3) is 0 Å². The standard InChI is InChI=1S/C26H33FN4O4/c1-3-35-25(33)31-16-26(17-31)7-6-20(14-26)29-8-10-30(11-9-29)24-21(13-19(27)15-28-24)18-4-5-22(32)23(12-18)34-2/h4-5,12-13,15,20,32H,3,6-11,14,16-17H2,1-2H3/t20-/m1/s1. The number of halogens is 1. The minimum absolute atomic E-state index is 0.0435. The van der Waals surface area contributed by atoms with Crippen LogP contribution in [0, 0.1) is 11.2 Å². The van der Waals surface area contributed by atoms with Gasteiger partial charge in [-0.2, -0.15) is 0 Å². The minimum Gasteiger partial charge on any atom is -0.504 e. The molecule has 3 fully saturated rings. The van der Waals surface area contributed by atoms with Gasteiger partial charge in [0.15, 0.2) is 11.5 Å². The molecule has 1 aromatic heterocycles. The van der Waals surface area contributed by atoms with E-state index in [2.05, 4.69) is 14.8 Å². The highest BCUT2D eigenvalue weighted by molar-refractivity contribution is 5.77. The lowest BCUT2D eigenvalue weighted by atomic mass is 9.78. The average Bonchev–Trinajstić information content (AvgIpc) is 3.30. The van der Waals surface area contributed by atoms with Crippen LogP contribution in [-0.2, 0) is 4.74 Å². The number of nitrogens with zero attached hydrogens (tertiary/aromatic N) is 4. The van der Waals surface area contributed by atoms with Crippen LogP contribution in [-0.4, -0.2) is 85.0 Å². The summed E-state index contributed by atoms with van der Waals surface area (Å²) >= 11 is 0. The number of phenolic OH excluding ortho intramolecular Hbond substituents is 1. The molecule has 3 aliphatic rings. The average molecular weight is 485 g/mol. The number of pyridine rings is 1. The summed E-state index contributed by atoms with van der Waals surface area (Å²) in [7, 11) is 1.49. The molecule has 9 heteroatoms. The van der Waals surface area contributed by atoms with E-state index in [0.717, 1.165) is 69.9 Å². The largest absolute Gasteiger partial charge is 0.504 e. The predicted octanol–water partition coefficient (Wildman–Crippen LogP) is 3.73. The number of carbonyl (C=O) groups is 1. The Labute approximate surface area is 205 Å². The smallest absolute Gasteiger partial charge is 0.409 e. The summed E-state index contributed by atoms with van der Waals surface area (Å²) in [5, 5.41) is 9.96. The second kappa shape index (κ2) is 9.53. The molecule has 2 saturated heterocycles. The molecule has 0 bridgehead atoms. The molecule has 1 amide bonds. The Balaban J connectivity index is 1.23. The van der Waals surface area contributed by atoms with Crippen molar-refractivity contribution in [2.24, 2.45) is 5.41 Å². The summed E-state index contributed by atoms with van der Waals surface area (Å²) in [5.74, 6) is 0.728. The molecular formula is C26H33FN4O4. The van der Waals surface area contributed by atoms with Crippen LogP contribution in [0.15, 0.2) is 30.5 Å². The molecule has 35 heavy (non-hydrogen) atoms. The van der Waals surface area contributed by atoms with E-state index in [1.165, 1.54) is 19.4 Å². The van der Waals surface area contributed by atoms with Gasteiger partial charge in [0.05, 0.1) is 19.9 Å². The number of hydrogen-bond donors (Lipinski definition) is 1. The second-order valence-electron chi connectivity index (χ2n) is 9.89. The Morgan fingerprint density at radius 3 is 2.71 bits per heavy atom. The molecule has 1 atom stereocenters. The number of methoxy groups -OCH3 is 1. The van der Waals surface area contributed by atoms with E-state index < -0.39 is 5.82 Å². The molecular weight excluding hydrogens is 451 g/mol. The van der Waals surface area contributed by atoms with Crippen molar-refractivity contribution in [1.82, 2.24) is 14.8 Å². The van der Waals surface area contributed by atoms with Crippen molar-refractivity contribution in [3.63, 3.8) is 0 Å². The molecule has 1 saturated carbocycles. The predicted molar refractivity (Wildman–Crippen MR) is 130 cm³/mol. The fraction of sp³-hybridized carbons (Fsp3) is 0.538. The first kappa shape index (κ1) is 23.7. The van der Waals surface area contributed by atoms with Crippen molar-refractivity contribution in [3.8, 4) is 22.6 Å². The first-order valence-corrected chi connectivity index (χ1v) is 12.3. The van der Waals surface area contributed by atoms with E-state index in [-0.39, 0.29) is 17.3 Å². The van der Waals surface area contributed by atoms with Gasteiger partial charge >= 0.3 is 6.09 Å². The van der Waals surface area contributed by atoms with Crippen molar-refractivity contribution in [2.75, 3.05) is 57.9 Å². The number of aromatic hydroxyl groups is 1. The third-order valence-electron chi connectivity index (χ3n) is 7.71. The van der Waals surface area contributed by atoms with E-state index >= 15 is 0 Å². The van der Waals surface area contributed by atoms with Gasteiger partial charge in [0.2, 0.25) is 0 Å². The summed E-state index contributed by atoms with van der Waals surface area (Å²) in [4.78, 5) is 23.0. The Bertz CT molecular complexity index is 1080. The van der Waals surface area contributed by atoms with Crippen LogP contribution in [0.2, 0.25) is 0 Å². The topological polar surface area (TPSA) is 78.4 Å². The minimum atomic E-state index is -0.400. The number of anilines is 1. The normalized spacial score (nSPS) is 21.7. The second-order valence-corrected chi connectivity index (χ2v) is 9.89. The van der Waals surface area contributed by atoms with E-state index in [9.17, 15) is 14.3 Å². The summed E-state index contributed by atoms with van der Waals surface area (Å²) in [6, 6.07) is 7.04. The SMILES string of the molecule is CCOC(=O)N1CC2(CC[C@@H](N3CCN(c4ncc(F)cc4-c4ccc(O)c(OC)c4)CC3)C2)C1. The van der Waals surface area contributed by atoms with E-state index in [1.807, 2.05) is 11.8 Å². The van der Waals surface area contributed by atoms with Crippen LogP contribution >= 0.6 is 0 Å². The zero-order valence-corrected chi connectivity index (χ0v) is 20.4. The molecule has 1 aliphatic carbocycles. The number of phenols is 1. The van der Waals surface area contributed by atoms with Crippen molar-refractivity contribution in [2.45, 2.75) is 32.2 Å². The molecule has 8 nitrogen and oxygen atoms in total. The van der Waals surface area contributed by atoms with Crippen LogP contribution in [0.3, 0.4) is 0 Å². The van der Waals surface area contributed by atoms with Gasteiger partial charge in [0, 0.05) is 56.3 Å². The summed E-state index contributed by atoms with van der Waals surface area (Å²) in [5.41, 5.74) is 1.68. The number of benzene rings is 1. The third-order valence-corrected chi connectivity index (χ3v) is 7.71. The molecule has 2 aliphatic heterocycles. The highest BCUT2D eigenvalue weighted by Gasteiger charge is 2.51. The van der Waals surface area contributed by atoms with Crippen molar-refractivity contribution in [1.29, 1.82) is 0 Å². The van der Waals surface area contributed by atoms with Gasteiger partial charge in [-0.15, -0.1) is 0 Å². The van der Waals surface area contributed by atoms with Gasteiger partial charge < -0.3 is 24.4 Å². The van der Waals surface area contributed by atoms with Gasteiger partial charge in [0.1, 0.15) is 11.6 Å². The quantitative estimate of drug-likeness (QED) is 0.693. The number of aromatic nitrogens is 1. The molecule has 5 rings (SSSR count). The van der Waals surface area contributed by atoms with Crippen LogP contribution < -0.4 is 9.64 Å². The molecule has 1 spiro atoms. The highest BCUT2D eigenvalue weighted by atomic mass is 19.1. The lowest BCUT2D eigenvalue weighted by Gasteiger charge is -2.48. The van der Waals surface area contributed by atoms with Crippen LogP contribution in [0.5, 0.6) is 11.5 Å². The van der Waals surface area contributed by atoms with E-state index in [4.69, 9.17) is 9.47 Å². The van der Waals surface area contributed by atoms with Gasteiger partial charge in [-0.1, -0.05) is 6.07 Å². The molecule has 1 aromatic carbocycles. The van der Waals surface area contributed by atoms with Crippen molar-refractivity contribution in [3.05, 3.63) is 36.3 Å². The Kier molecular flexibility index (Phi) is 6.44. The summed E-state index contributed by atoms with van der Waals surface area (Å²) in [6.07, 6.45) is 4.50. The first-order chi connectivity index (χ1) is 16.9. The fourth-order valence-corrected chi connectivity index (χ4v) is 5.92. The van der Waals surface area contributed by atoms with Crippen LogP contribution in [0.25, 0.3) is 11.1 Å². The van der Waals surface area contributed by atoms with Crippen LogP contribution in [0.1, 0.15) is 26.2 Å². The zero-order chi connectivity index (χ0) is 24.6. The summed E-state index contributed by atoms with van der Waals surface area (Å²) < 4.78 is 24.5. The number of amides is 1. The zero-order valence-electron chi connectivity index (χ0n) is 20.4. The van der Waals surface area contributed by atoms with Gasteiger partial charge in [-0.05, 0) is 49.9 Å². The number of carbonyl (C=O) groups excluding carboxylic acids is 1. The lowest BCUT2D eigenvalue weighted by Crippen LogP contribution is -2.58. The van der Waals surface area contributed by atoms with Gasteiger partial charge in [-0.25, -0.2) is 14.2 Å². The molecule has 0 radical (unpaired) electrons. The molecule has 3 heterocycles. The molecule has 188 valence electrons. The number of piperazine rings is 1. The maximum absolute atomic E-state index is 14.2. The Morgan fingerprint density at radius 2 is 2.00 bits per heavy atom. The maximum atomic E-state index is 14.2. The number of rotatable bonds is 5. The maximum Gasteiger partial charge on any atom is 0.409 e. The first-order valence-electron chi connectivity index (χ1n) is 12.3. The van der Waals surface area contributed by atoms with E-state index in [0.29, 0.717) is 24.0 Å². The van der Waals surface area contributed by atoms with E-state index in [1.54, 1.807) is 18.2 Å².